The number of carbonyl (C=O) groups excluding carboxylic acids is 3. The number of likely N-dealkylation sites (tertiary alicyclic amines) is 1. The van der Waals surface area contributed by atoms with Crippen LogP contribution in [-0.2, 0) is 23.9 Å². The second-order valence-electron chi connectivity index (χ2n) is 6.85. The summed E-state index contributed by atoms with van der Waals surface area (Å²) < 4.78 is 25.5. The number of carbonyl (C=O) groups is 3. The van der Waals surface area contributed by atoms with Crippen molar-refractivity contribution in [3.63, 3.8) is 0 Å². The maximum atomic E-state index is 15.5. The molecule has 0 radical (unpaired) electrons. The molecule has 134 valence electrons. The Labute approximate surface area is 139 Å². The normalized spacial score (nSPS) is 32.0. The minimum atomic E-state index is -2.26. The van der Waals surface area contributed by atoms with Crippen molar-refractivity contribution in [3.05, 3.63) is 0 Å². The van der Waals surface area contributed by atoms with E-state index in [1.165, 1.54) is 4.90 Å². The third-order valence-corrected chi connectivity index (χ3v) is 5.19. The molecule has 3 heterocycles. The fourth-order valence-electron chi connectivity index (χ4n) is 3.71. The van der Waals surface area contributed by atoms with Gasteiger partial charge in [-0.15, -0.1) is 0 Å². The predicted octanol–water partition coefficient (Wildman–Crippen LogP) is 0.175. The number of halogens is 1. The Morgan fingerprint density at radius 1 is 1.38 bits per heavy atom. The highest BCUT2D eigenvalue weighted by atomic mass is 19.1. The van der Waals surface area contributed by atoms with Crippen molar-refractivity contribution in [3.8, 4) is 0 Å². The van der Waals surface area contributed by atoms with Crippen LogP contribution in [0.2, 0.25) is 0 Å². The van der Waals surface area contributed by atoms with Crippen molar-refractivity contribution in [2.24, 2.45) is 5.41 Å². The molecule has 0 aliphatic carbocycles. The molecule has 3 aliphatic rings. The molecule has 24 heavy (non-hydrogen) atoms. The van der Waals surface area contributed by atoms with Crippen LogP contribution in [0.15, 0.2) is 0 Å². The molecule has 2 atom stereocenters. The molecule has 3 rings (SSSR count). The Bertz CT molecular complexity index is 551. The zero-order valence-electron chi connectivity index (χ0n) is 13.8. The van der Waals surface area contributed by atoms with Gasteiger partial charge in [-0.25, -0.2) is 9.18 Å². The zero-order chi connectivity index (χ0) is 17.4. The van der Waals surface area contributed by atoms with Gasteiger partial charge in [-0.1, -0.05) is 6.42 Å². The Morgan fingerprint density at radius 3 is 2.75 bits per heavy atom. The first-order valence-corrected chi connectivity index (χ1v) is 8.44. The van der Waals surface area contributed by atoms with E-state index < -0.39 is 23.1 Å². The van der Waals surface area contributed by atoms with E-state index in [9.17, 15) is 14.4 Å². The molecule has 7 nitrogen and oxygen atoms in total. The second-order valence-corrected chi connectivity index (χ2v) is 6.85. The maximum absolute atomic E-state index is 15.5. The number of nitrogens with one attached hydrogen (secondary N) is 1. The number of alkyl halides is 1. The Morgan fingerprint density at radius 2 is 2.12 bits per heavy atom. The molecule has 0 bridgehead atoms. The topological polar surface area (TPSA) is 84.9 Å². The maximum Gasteiger partial charge on any atom is 0.346 e. The molecule has 3 saturated heterocycles. The van der Waals surface area contributed by atoms with Gasteiger partial charge in [0.05, 0.1) is 31.8 Å². The summed E-state index contributed by atoms with van der Waals surface area (Å²) in [6, 6.07) is -0.650. The quantitative estimate of drug-likeness (QED) is 0.740. The van der Waals surface area contributed by atoms with Gasteiger partial charge >= 0.3 is 5.97 Å². The van der Waals surface area contributed by atoms with Crippen LogP contribution in [0, 0.1) is 5.41 Å². The van der Waals surface area contributed by atoms with Crippen LogP contribution >= 0.6 is 0 Å². The summed E-state index contributed by atoms with van der Waals surface area (Å²) >= 11 is 0. The van der Waals surface area contributed by atoms with Crippen LogP contribution in [0.4, 0.5) is 4.39 Å². The highest BCUT2D eigenvalue weighted by Gasteiger charge is 2.69. The third-order valence-electron chi connectivity index (χ3n) is 5.19. The van der Waals surface area contributed by atoms with Crippen LogP contribution in [0.25, 0.3) is 0 Å². The van der Waals surface area contributed by atoms with E-state index in [-0.39, 0.29) is 44.7 Å². The first-order valence-electron chi connectivity index (χ1n) is 8.44. The van der Waals surface area contributed by atoms with Gasteiger partial charge in [0.2, 0.25) is 17.5 Å². The molecule has 8 heteroatoms. The number of esters is 1. The summed E-state index contributed by atoms with van der Waals surface area (Å²) in [6.07, 6.45) is 2.43. The molecule has 3 aliphatic heterocycles. The van der Waals surface area contributed by atoms with Gasteiger partial charge in [-0.3, -0.25) is 9.59 Å². The highest BCUT2D eigenvalue weighted by molar-refractivity contribution is 5.90. The SMILES string of the molecule is CCOC(=O)[C@]1(F)CN(C(=O)[C@H]2CCCCC(=O)N2)CC12COC2. The smallest absolute Gasteiger partial charge is 0.346 e. The molecule has 0 aromatic carbocycles. The number of ether oxygens (including phenoxy) is 2. The van der Waals surface area contributed by atoms with E-state index >= 15 is 4.39 Å². The lowest BCUT2D eigenvalue weighted by atomic mass is 9.74. The Hall–Kier alpha value is -1.70. The minimum Gasteiger partial charge on any atom is -0.464 e. The number of hydrogen-bond acceptors (Lipinski definition) is 5. The van der Waals surface area contributed by atoms with Crippen LogP contribution in [0.3, 0.4) is 0 Å². The van der Waals surface area contributed by atoms with E-state index in [1.54, 1.807) is 6.92 Å². The van der Waals surface area contributed by atoms with Gasteiger partial charge in [-0.05, 0) is 19.8 Å². The zero-order valence-corrected chi connectivity index (χ0v) is 13.8. The van der Waals surface area contributed by atoms with Crippen molar-refractivity contribution in [2.75, 3.05) is 32.9 Å². The molecule has 3 fully saturated rings. The monoisotopic (exact) mass is 342 g/mol. The van der Waals surface area contributed by atoms with E-state index in [4.69, 9.17) is 9.47 Å². The first kappa shape index (κ1) is 17.1. The molecule has 1 spiro atoms. The Kier molecular flexibility index (Phi) is 4.50. The lowest BCUT2D eigenvalue weighted by Crippen LogP contribution is -2.61. The molecular weight excluding hydrogens is 319 g/mol. The Balaban J connectivity index is 1.77. The number of hydrogen-bond donors (Lipinski definition) is 1. The summed E-state index contributed by atoms with van der Waals surface area (Å²) in [7, 11) is 0. The average Bonchev–Trinajstić information content (AvgIpc) is 2.69. The van der Waals surface area contributed by atoms with Crippen LogP contribution in [0.5, 0.6) is 0 Å². The van der Waals surface area contributed by atoms with E-state index in [1.807, 2.05) is 0 Å². The summed E-state index contributed by atoms with van der Waals surface area (Å²) in [4.78, 5) is 37.9. The van der Waals surface area contributed by atoms with Crippen LogP contribution in [0.1, 0.15) is 32.6 Å². The lowest BCUT2D eigenvalue weighted by Gasteiger charge is -2.43. The second kappa shape index (κ2) is 6.31. The van der Waals surface area contributed by atoms with Crippen molar-refractivity contribution >= 4 is 17.8 Å². The summed E-state index contributed by atoms with van der Waals surface area (Å²) in [5.41, 5.74) is -3.30. The minimum absolute atomic E-state index is 0.0774. The lowest BCUT2D eigenvalue weighted by molar-refractivity contribution is -0.196. The molecule has 0 aromatic heterocycles. The standard InChI is InChI=1S/C16H23FN2O5/c1-2-24-14(22)16(17)8-19(7-15(16)9-23-10-15)13(21)11-5-3-4-6-12(20)18-11/h11H,2-10H2,1H3,(H,18,20)/t11-,16-/m1/s1. The summed E-state index contributed by atoms with van der Waals surface area (Å²) in [5.74, 6) is -1.43. The van der Waals surface area contributed by atoms with Gasteiger partial charge in [-0.2, -0.15) is 0 Å². The largest absolute Gasteiger partial charge is 0.464 e. The van der Waals surface area contributed by atoms with Gasteiger partial charge in [0.15, 0.2) is 0 Å². The van der Waals surface area contributed by atoms with Crippen LogP contribution < -0.4 is 5.32 Å². The molecular formula is C16H23FN2O5. The molecule has 0 aromatic rings. The van der Waals surface area contributed by atoms with Crippen molar-refractivity contribution in [2.45, 2.75) is 44.3 Å². The fraction of sp³-hybridized carbons (Fsp3) is 0.812. The molecule has 2 amide bonds. The molecule has 0 saturated carbocycles. The van der Waals surface area contributed by atoms with Crippen LogP contribution in [-0.4, -0.2) is 67.3 Å². The number of amides is 2. The van der Waals surface area contributed by atoms with Gasteiger partial charge < -0.3 is 19.7 Å². The fourth-order valence-corrected chi connectivity index (χ4v) is 3.71. The van der Waals surface area contributed by atoms with Crippen molar-refractivity contribution < 1.29 is 28.2 Å². The van der Waals surface area contributed by atoms with Crippen molar-refractivity contribution in [1.29, 1.82) is 0 Å². The first-order chi connectivity index (χ1) is 11.4. The number of rotatable bonds is 3. The summed E-state index contributed by atoms with van der Waals surface area (Å²) in [5, 5.41) is 2.70. The average molecular weight is 342 g/mol. The van der Waals surface area contributed by atoms with E-state index in [2.05, 4.69) is 5.32 Å². The van der Waals surface area contributed by atoms with E-state index in [0.29, 0.717) is 12.8 Å². The summed E-state index contributed by atoms with van der Waals surface area (Å²) in [6.45, 7) is 1.62. The van der Waals surface area contributed by atoms with Gasteiger partial charge in [0, 0.05) is 13.0 Å². The molecule has 1 N–H and O–H groups in total. The number of nitrogens with zero attached hydrogens (tertiary/aromatic N) is 1. The molecule has 0 unspecified atom stereocenters. The van der Waals surface area contributed by atoms with E-state index in [0.717, 1.165) is 12.8 Å². The van der Waals surface area contributed by atoms with Gasteiger partial charge in [0.1, 0.15) is 6.04 Å². The third kappa shape index (κ3) is 2.66. The highest BCUT2D eigenvalue weighted by Crippen LogP contribution is 2.48. The van der Waals surface area contributed by atoms with Gasteiger partial charge in [0.25, 0.3) is 0 Å². The predicted molar refractivity (Wildman–Crippen MR) is 80.7 cm³/mol. The van der Waals surface area contributed by atoms with Crippen molar-refractivity contribution in [1.82, 2.24) is 10.2 Å².